The second-order valence-corrected chi connectivity index (χ2v) is 4.61. The fraction of sp³-hybridized carbons (Fsp3) is 0.417. The second-order valence-electron chi connectivity index (χ2n) is 4.61. The number of aromatic nitrogens is 1. The van der Waals surface area contributed by atoms with Crippen LogP contribution in [0.15, 0.2) is 12.1 Å². The first kappa shape index (κ1) is 11.9. The van der Waals surface area contributed by atoms with E-state index in [1.54, 1.807) is 12.1 Å². The number of hydrogen-bond donors (Lipinski definition) is 2. The van der Waals surface area contributed by atoms with E-state index in [9.17, 15) is 9.59 Å². The SMILES string of the molecule is O=C1COc2ccc(N3C[C@H](CO)CC3=O)nc2N1. The zero-order valence-corrected chi connectivity index (χ0v) is 10.1. The van der Waals surface area contributed by atoms with Crippen molar-refractivity contribution < 1.29 is 19.4 Å². The molecule has 2 aliphatic rings. The van der Waals surface area contributed by atoms with Crippen LogP contribution in [-0.2, 0) is 9.59 Å². The molecule has 19 heavy (non-hydrogen) atoms. The van der Waals surface area contributed by atoms with Crippen LogP contribution in [0.2, 0.25) is 0 Å². The molecular weight excluding hydrogens is 250 g/mol. The molecule has 1 atom stereocenters. The molecule has 0 spiro atoms. The molecule has 2 aliphatic heterocycles. The van der Waals surface area contributed by atoms with Gasteiger partial charge < -0.3 is 15.2 Å². The largest absolute Gasteiger partial charge is 0.480 e. The van der Waals surface area contributed by atoms with Crippen molar-refractivity contribution in [3.8, 4) is 5.75 Å². The van der Waals surface area contributed by atoms with Gasteiger partial charge in [0.1, 0.15) is 5.82 Å². The molecule has 0 aromatic carbocycles. The number of rotatable bonds is 2. The van der Waals surface area contributed by atoms with Crippen LogP contribution in [0.1, 0.15) is 6.42 Å². The fourth-order valence-electron chi connectivity index (χ4n) is 2.23. The summed E-state index contributed by atoms with van der Waals surface area (Å²) in [7, 11) is 0. The number of carbonyl (C=O) groups excluding carboxylic acids is 2. The maximum absolute atomic E-state index is 11.8. The van der Waals surface area contributed by atoms with E-state index in [-0.39, 0.29) is 30.9 Å². The number of ether oxygens (including phenoxy) is 1. The zero-order valence-electron chi connectivity index (χ0n) is 10.1. The third-order valence-corrected chi connectivity index (χ3v) is 3.20. The summed E-state index contributed by atoms with van der Waals surface area (Å²) in [5.74, 6) is 0.886. The highest BCUT2D eigenvalue weighted by molar-refractivity contribution is 5.97. The van der Waals surface area contributed by atoms with Crippen molar-refractivity contribution in [2.75, 3.05) is 30.0 Å². The molecule has 0 aliphatic carbocycles. The van der Waals surface area contributed by atoms with Crippen molar-refractivity contribution in [3.63, 3.8) is 0 Å². The van der Waals surface area contributed by atoms with Crippen LogP contribution in [0.4, 0.5) is 11.6 Å². The van der Waals surface area contributed by atoms with Crippen molar-refractivity contribution in [1.82, 2.24) is 4.98 Å². The molecule has 1 saturated heterocycles. The Bertz CT molecular complexity index is 546. The van der Waals surface area contributed by atoms with Gasteiger partial charge >= 0.3 is 0 Å². The Morgan fingerprint density at radius 3 is 3.05 bits per heavy atom. The molecule has 100 valence electrons. The van der Waals surface area contributed by atoms with Crippen LogP contribution in [0.3, 0.4) is 0 Å². The van der Waals surface area contributed by atoms with Gasteiger partial charge in [0.15, 0.2) is 18.2 Å². The molecule has 3 heterocycles. The number of aliphatic hydroxyl groups excluding tert-OH is 1. The number of nitrogens with zero attached hydrogens (tertiary/aromatic N) is 2. The molecule has 1 aromatic heterocycles. The topological polar surface area (TPSA) is 91.8 Å². The first-order valence-electron chi connectivity index (χ1n) is 6.02. The van der Waals surface area contributed by atoms with Crippen LogP contribution in [0.25, 0.3) is 0 Å². The Kier molecular flexibility index (Phi) is 2.83. The maximum atomic E-state index is 11.8. The van der Waals surface area contributed by atoms with Crippen molar-refractivity contribution in [1.29, 1.82) is 0 Å². The summed E-state index contributed by atoms with van der Waals surface area (Å²) in [5, 5.41) is 11.7. The highest BCUT2D eigenvalue weighted by Crippen LogP contribution is 2.30. The zero-order chi connectivity index (χ0) is 13.4. The van der Waals surface area contributed by atoms with Crippen molar-refractivity contribution in [2.24, 2.45) is 5.92 Å². The Labute approximate surface area is 109 Å². The molecule has 1 fully saturated rings. The summed E-state index contributed by atoms with van der Waals surface area (Å²) in [4.78, 5) is 28.8. The summed E-state index contributed by atoms with van der Waals surface area (Å²) in [6.45, 7) is 0.395. The molecule has 0 unspecified atom stereocenters. The standard InChI is InChI=1S/C12H13N3O4/c16-5-7-3-11(18)15(4-7)9-2-1-8-12(13-9)14-10(17)6-19-8/h1-2,7,16H,3-6H2,(H,13,14,17)/t7-/m1/s1. The van der Waals surface area contributed by atoms with Crippen molar-refractivity contribution in [3.05, 3.63) is 12.1 Å². The van der Waals surface area contributed by atoms with Gasteiger partial charge in [-0.15, -0.1) is 0 Å². The van der Waals surface area contributed by atoms with Gasteiger partial charge in [0, 0.05) is 25.5 Å². The predicted molar refractivity (Wildman–Crippen MR) is 65.9 cm³/mol. The minimum atomic E-state index is -0.266. The average Bonchev–Trinajstić information content (AvgIpc) is 2.79. The lowest BCUT2D eigenvalue weighted by molar-refractivity contribution is -0.119. The lowest BCUT2D eigenvalue weighted by Gasteiger charge is -2.20. The Morgan fingerprint density at radius 1 is 1.47 bits per heavy atom. The smallest absolute Gasteiger partial charge is 0.263 e. The predicted octanol–water partition coefficient (Wildman–Crippen LogP) is -0.242. The minimum absolute atomic E-state index is 0.0208. The summed E-state index contributed by atoms with van der Waals surface area (Å²) in [5.41, 5.74) is 0. The Morgan fingerprint density at radius 2 is 2.32 bits per heavy atom. The summed E-state index contributed by atoms with van der Waals surface area (Å²) in [6, 6.07) is 3.35. The molecule has 7 nitrogen and oxygen atoms in total. The third-order valence-electron chi connectivity index (χ3n) is 3.20. The van der Waals surface area contributed by atoms with Gasteiger partial charge in [-0.3, -0.25) is 14.5 Å². The van der Waals surface area contributed by atoms with Crippen LogP contribution in [0.5, 0.6) is 5.75 Å². The van der Waals surface area contributed by atoms with Crippen molar-refractivity contribution in [2.45, 2.75) is 6.42 Å². The molecule has 0 radical (unpaired) electrons. The average molecular weight is 263 g/mol. The van der Waals surface area contributed by atoms with E-state index in [4.69, 9.17) is 9.84 Å². The number of amides is 2. The Balaban J connectivity index is 1.88. The fourth-order valence-corrected chi connectivity index (χ4v) is 2.23. The van der Waals surface area contributed by atoms with Crippen LogP contribution < -0.4 is 15.0 Å². The molecule has 3 rings (SSSR count). The summed E-state index contributed by atoms with van der Waals surface area (Å²) >= 11 is 0. The number of anilines is 2. The van der Waals surface area contributed by atoms with E-state index < -0.39 is 0 Å². The molecule has 1 aromatic rings. The lowest BCUT2D eigenvalue weighted by Crippen LogP contribution is -2.29. The molecule has 2 N–H and O–H groups in total. The Hall–Kier alpha value is -2.15. The maximum Gasteiger partial charge on any atom is 0.263 e. The first-order chi connectivity index (χ1) is 9.17. The number of nitrogens with one attached hydrogen (secondary N) is 1. The van der Waals surface area contributed by atoms with E-state index in [1.165, 1.54) is 4.90 Å². The number of aliphatic hydroxyl groups is 1. The molecular formula is C12H13N3O4. The van der Waals surface area contributed by atoms with Gasteiger partial charge in [0.2, 0.25) is 5.91 Å². The van der Waals surface area contributed by atoms with E-state index >= 15 is 0 Å². The molecule has 0 saturated carbocycles. The highest BCUT2D eigenvalue weighted by atomic mass is 16.5. The van der Waals surface area contributed by atoms with E-state index in [2.05, 4.69) is 10.3 Å². The van der Waals surface area contributed by atoms with Crippen molar-refractivity contribution >= 4 is 23.5 Å². The number of pyridine rings is 1. The van der Waals surface area contributed by atoms with Crippen LogP contribution >= 0.6 is 0 Å². The van der Waals surface area contributed by atoms with Gasteiger partial charge in [-0.25, -0.2) is 4.98 Å². The number of carbonyl (C=O) groups is 2. The monoisotopic (exact) mass is 263 g/mol. The molecule has 7 heteroatoms. The van der Waals surface area contributed by atoms with E-state index in [0.717, 1.165) is 0 Å². The highest BCUT2D eigenvalue weighted by Gasteiger charge is 2.31. The summed E-state index contributed by atoms with van der Waals surface area (Å²) < 4.78 is 5.20. The first-order valence-corrected chi connectivity index (χ1v) is 6.02. The summed E-state index contributed by atoms with van der Waals surface area (Å²) in [6.07, 6.45) is 0.318. The second kappa shape index (κ2) is 4.51. The van der Waals surface area contributed by atoms with Crippen LogP contribution in [-0.4, -0.2) is 41.7 Å². The quantitative estimate of drug-likeness (QED) is 0.768. The van der Waals surface area contributed by atoms with Gasteiger partial charge in [-0.1, -0.05) is 0 Å². The third kappa shape index (κ3) is 2.12. The van der Waals surface area contributed by atoms with Gasteiger partial charge in [-0.2, -0.15) is 0 Å². The normalized spacial score (nSPS) is 21.9. The number of fused-ring (bicyclic) bond motifs is 1. The van der Waals surface area contributed by atoms with Gasteiger partial charge in [0.05, 0.1) is 0 Å². The lowest BCUT2D eigenvalue weighted by atomic mass is 10.1. The molecule has 0 bridgehead atoms. The van der Waals surface area contributed by atoms with Gasteiger partial charge in [-0.05, 0) is 12.1 Å². The van der Waals surface area contributed by atoms with Gasteiger partial charge in [0.25, 0.3) is 5.91 Å². The van der Waals surface area contributed by atoms with E-state index in [1.807, 2.05) is 0 Å². The number of hydrogen-bond acceptors (Lipinski definition) is 5. The van der Waals surface area contributed by atoms with Crippen LogP contribution in [0, 0.1) is 5.92 Å². The molecule has 2 amide bonds. The van der Waals surface area contributed by atoms with E-state index in [0.29, 0.717) is 30.4 Å². The minimum Gasteiger partial charge on any atom is -0.480 e.